The lowest BCUT2D eigenvalue weighted by atomic mass is 10.2. The van der Waals surface area contributed by atoms with E-state index in [9.17, 15) is 9.18 Å². The van der Waals surface area contributed by atoms with E-state index in [1.165, 1.54) is 17.8 Å². The smallest absolute Gasteiger partial charge is 0.266 e. The fraction of sp³-hybridized carbons (Fsp3) is 0.238. The molecule has 27 heavy (non-hydrogen) atoms. The van der Waals surface area contributed by atoms with E-state index in [2.05, 4.69) is 13.8 Å². The number of carbonyl (C=O) groups is 1. The van der Waals surface area contributed by atoms with Gasteiger partial charge in [-0.3, -0.25) is 9.69 Å². The second kappa shape index (κ2) is 8.67. The van der Waals surface area contributed by atoms with Crippen LogP contribution in [0.15, 0.2) is 53.4 Å². The number of hydrogen-bond acceptors (Lipinski definition) is 4. The van der Waals surface area contributed by atoms with Gasteiger partial charge >= 0.3 is 0 Å². The molecule has 2 aromatic rings. The molecule has 3 rings (SSSR count). The van der Waals surface area contributed by atoms with Gasteiger partial charge in [-0.15, -0.1) is 0 Å². The second-order valence-corrected chi connectivity index (χ2v) is 8.31. The first-order valence-electron chi connectivity index (χ1n) is 8.65. The highest BCUT2D eigenvalue weighted by atomic mass is 32.2. The molecule has 140 valence electrons. The Kier molecular flexibility index (Phi) is 6.29. The van der Waals surface area contributed by atoms with Crippen LogP contribution in [-0.2, 0) is 11.4 Å². The number of rotatable bonds is 6. The molecule has 1 fully saturated rings. The summed E-state index contributed by atoms with van der Waals surface area (Å²) in [5.74, 6) is 0.677. The summed E-state index contributed by atoms with van der Waals surface area (Å²) in [5, 5.41) is 0. The summed E-state index contributed by atoms with van der Waals surface area (Å²) in [6.07, 6.45) is 1.83. The van der Waals surface area contributed by atoms with Gasteiger partial charge in [0.15, 0.2) is 0 Å². The predicted molar refractivity (Wildman–Crippen MR) is 112 cm³/mol. The molecule has 0 N–H and O–H groups in total. The summed E-state index contributed by atoms with van der Waals surface area (Å²) < 4.78 is 19.9. The van der Waals surface area contributed by atoms with E-state index >= 15 is 0 Å². The van der Waals surface area contributed by atoms with Crippen molar-refractivity contribution in [3.05, 3.63) is 70.4 Å². The molecule has 0 bridgehead atoms. The van der Waals surface area contributed by atoms with E-state index in [0.29, 0.717) is 33.0 Å². The predicted octanol–water partition coefficient (Wildman–Crippen LogP) is 5.26. The lowest BCUT2D eigenvalue weighted by molar-refractivity contribution is -0.122. The van der Waals surface area contributed by atoms with Crippen molar-refractivity contribution >= 4 is 40.3 Å². The molecular weight excluding hydrogens is 381 g/mol. The molecule has 0 spiro atoms. The maximum absolute atomic E-state index is 13.6. The van der Waals surface area contributed by atoms with Gasteiger partial charge in [0.25, 0.3) is 5.91 Å². The molecule has 6 heteroatoms. The average Bonchev–Trinajstić information content (AvgIpc) is 2.89. The van der Waals surface area contributed by atoms with Crippen LogP contribution >= 0.6 is 24.0 Å². The minimum Gasteiger partial charge on any atom is -0.489 e. The molecule has 0 aliphatic carbocycles. The van der Waals surface area contributed by atoms with Crippen molar-refractivity contribution in [2.45, 2.75) is 20.5 Å². The van der Waals surface area contributed by atoms with E-state index in [4.69, 9.17) is 17.0 Å². The van der Waals surface area contributed by atoms with Gasteiger partial charge in [-0.2, -0.15) is 0 Å². The zero-order valence-electron chi connectivity index (χ0n) is 15.1. The molecule has 0 atom stereocenters. The van der Waals surface area contributed by atoms with Crippen LogP contribution in [0.4, 0.5) is 4.39 Å². The standard InChI is InChI=1S/C21H20FNO2S2/c1-14(2)12-23-20(24)19(27-21(23)26)11-15-7-9-17(10-8-15)25-13-16-5-3-4-6-18(16)22/h3-11,14H,12-13H2,1-2H3/b19-11-. The third-order valence-electron chi connectivity index (χ3n) is 3.95. The van der Waals surface area contributed by atoms with Crippen LogP contribution in [0.1, 0.15) is 25.0 Å². The van der Waals surface area contributed by atoms with E-state index in [1.54, 1.807) is 23.1 Å². The van der Waals surface area contributed by atoms with Crippen LogP contribution in [0.3, 0.4) is 0 Å². The monoisotopic (exact) mass is 401 g/mol. The Morgan fingerprint density at radius 3 is 2.56 bits per heavy atom. The highest BCUT2D eigenvalue weighted by Crippen LogP contribution is 2.33. The van der Waals surface area contributed by atoms with Crippen molar-refractivity contribution < 1.29 is 13.9 Å². The van der Waals surface area contributed by atoms with Crippen molar-refractivity contribution in [1.82, 2.24) is 4.90 Å². The van der Waals surface area contributed by atoms with E-state index < -0.39 is 0 Å². The number of thioether (sulfide) groups is 1. The molecule has 1 aliphatic heterocycles. The molecule has 1 amide bonds. The average molecular weight is 402 g/mol. The van der Waals surface area contributed by atoms with Gasteiger partial charge in [-0.05, 0) is 35.8 Å². The minimum atomic E-state index is -0.280. The molecule has 2 aromatic carbocycles. The number of ether oxygens (including phenoxy) is 1. The Labute approximate surface area is 168 Å². The molecule has 3 nitrogen and oxygen atoms in total. The SMILES string of the molecule is CC(C)CN1C(=O)/C(=C/c2ccc(OCc3ccccc3F)cc2)SC1=S. The molecule has 1 aliphatic rings. The van der Waals surface area contributed by atoms with Crippen LogP contribution in [0, 0.1) is 11.7 Å². The number of benzene rings is 2. The molecule has 1 heterocycles. The summed E-state index contributed by atoms with van der Waals surface area (Å²) in [6.45, 7) is 4.91. The minimum absolute atomic E-state index is 0.0430. The van der Waals surface area contributed by atoms with Gasteiger partial charge in [0.2, 0.25) is 0 Å². The Morgan fingerprint density at radius 2 is 1.89 bits per heavy atom. The number of amides is 1. The number of thiocarbonyl (C=S) groups is 1. The van der Waals surface area contributed by atoms with Crippen molar-refractivity contribution in [2.75, 3.05) is 6.54 Å². The van der Waals surface area contributed by atoms with Crippen molar-refractivity contribution in [2.24, 2.45) is 5.92 Å². The molecular formula is C21H20FNO2S2. The van der Waals surface area contributed by atoms with Crippen molar-refractivity contribution in [3.63, 3.8) is 0 Å². The Hall–Kier alpha value is -2.18. The number of halogens is 1. The van der Waals surface area contributed by atoms with Gasteiger partial charge in [-0.1, -0.05) is 68.2 Å². The van der Waals surface area contributed by atoms with E-state index in [0.717, 1.165) is 5.56 Å². The van der Waals surface area contributed by atoms with Crippen LogP contribution in [0.25, 0.3) is 6.08 Å². The van der Waals surface area contributed by atoms with Gasteiger partial charge in [0.05, 0.1) is 4.91 Å². The highest BCUT2D eigenvalue weighted by molar-refractivity contribution is 8.26. The quantitative estimate of drug-likeness (QED) is 0.488. The maximum Gasteiger partial charge on any atom is 0.266 e. The first kappa shape index (κ1) is 19.6. The summed E-state index contributed by atoms with van der Waals surface area (Å²) in [6, 6.07) is 13.9. The van der Waals surface area contributed by atoms with E-state index in [1.807, 2.05) is 30.3 Å². The van der Waals surface area contributed by atoms with Crippen LogP contribution in [-0.4, -0.2) is 21.7 Å². The number of hydrogen-bond donors (Lipinski definition) is 0. The van der Waals surface area contributed by atoms with Gasteiger partial charge in [-0.25, -0.2) is 4.39 Å². The number of nitrogens with zero attached hydrogens (tertiary/aromatic N) is 1. The molecule has 1 saturated heterocycles. The summed E-state index contributed by atoms with van der Waals surface area (Å²) in [7, 11) is 0. The Bertz CT molecular complexity index is 878. The Morgan fingerprint density at radius 1 is 1.19 bits per heavy atom. The van der Waals surface area contributed by atoms with Crippen LogP contribution in [0.2, 0.25) is 0 Å². The van der Waals surface area contributed by atoms with Gasteiger partial charge in [0, 0.05) is 12.1 Å². The lowest BCUT2D eigenvalue weighted by Gasteiger charge is -2.16. The fourth-order valence-corrected chi connectivity index (χ4v) is 3.89. The summed E-state index contributed by atoms with van der Waals surface area (Å²) in [4.78, 5) is 14.8. The van der Waals surface area contributed by atoms with Gasteiger partial charge in [0.1, 0.15) is 22.5 Å². The normalized spacial score (nSPS) is 15.9. The molecule has 0 radical (unpaired) electrons. The van der Waals surface area contributed by atoms with Gasteiger partial charge < -0.3 is 4.74 Å². The summed E-state index contributed by atoms with van der Waals surface area (Å²) in [5.41, 5.74) is 1.40. The first-order chi connectivity index (χ1) is 12.9. The maximum atomic E-state index is 13.6. The Balaban J connectivity index is 1.65. The third kappa shape index (κ3) is 4.96. The third-order valence-corrected chi connectivity index (χ3v) is 5.33. The molecule has 0 unspecified atom stereocenters. The van der Waals surface area contributed by atoms with Crippen LogP contribution < -0.4 is 4.74 Å². The summed E-state index contributed by atoms with van der Waals surface area (Å²) >= 11 is 6.65. The van der Waals surface area contributed by atoms with E-state index in [-0.39, 0.29) is 18.3 Å². The van der Waals surface area contributed by atoms with Crippen molar-refractivity contribution in [1.29, 1.82) is 0 Å². The highest BCUT2D eigenvalue weighted by Gasteiger charge is 2.32. The van der Waals surface area contributed by atoms with Crippen LogP contribution in [0.5, 0.6) is 5.75 Å². The fourth-order valence-electron chi connectivity index (χ4n) is 2.61. The largest absolute Gasteiger partial charge is 0.489 e. The first-order valence-corrected chi connectivity index (χ1v) is 9.88. The van der Waals surface area contributed by atoms with Crippen molar-refractivity contribution in [3.8, 4) is 5.75 Å². The second-order valence-electron chi connectivity index (χ2n) is 6.64. The molecule has 0 saturated carbocycles. The topological polar surface area (TPSA) is 29.5 Å². The lowest BCUT2D eigenvalue weighted by Crippen LogP contribution is -2.31. The number of carbonyl (C=O) groups excluding carboxylic acids is 1. The zero-order valence-corrected chi connectivity index (χ0v) is 16.8. The zero-order chi connectivity index (χ0) is 19.4. The molecule has 0 aromatic heterocycles.